The van der Waals surface area contributed by atoms with Crippen molar-refractivity contribution < 1.29 is 27.5 Å². The van der Waals surface area contributed by atoms with Crippen molar-refractivity contribution in [3.05, 3.63) is 29.8 Å². The van der Waals surface area contributed by atoms with Crippen LogP contribution >= 0.6 is 0 Å². The minimum atomic E-state index is -3.13. The van der Waals surface area contributed by atoms with E-state index in [4.69, 9.17) is 4.74 Å². The van der Waals surface area contributed by atoms with E-state index in [9.17, 15) is 22.8 Å². The maximum absolute atomic E-state index is 12.8. The first-order valence-corrected chi connectivity index (χ1v) is 11.7. The van der Waals surface area contributed by atoms with Crippen LogP contribution in [0.3, 0.4) is 0 Å². The van der Waals surface area contributed by atoms with Crippen LogP contribution in [0.4, 0.5) is 5.69 Å². The zero-order chi connectivity index (χ0) is 21.2. The highest BCUT2D eigenvalue weighted by Gasteiger charge is 2.36. The van der Waals surface area contributed by atoms with Crippen molar-refractivity contribution >= 4 is 33.3 Å². The van der Waals surface area contributed by atoms with Crippen LogP contribution in [0.1, 0.15) is 43.5 Å². The van der Waals surface area contributed by atoms with E-state index < -0.39 is 27.8 Å². The summed E-state index contributed by atoms with van der Waals surface area (Å²) in [6.45, 7) is 4.21. The molecule has 2 aliphatic heterocycles. The number of rotatable bonds is 6. The highest BCUT2D eigenvalue weighted by Crippen LogP contribution is 2.23. The summed E-state index contributed by atoms with van der Waals surface area (Å²) in [5.74, 6) is -1.04. The lowest BCUT2D eigenvalue weighted by Crippen LogP contribution is -2.46. The first kappa shape index (κ1) is 21.3. The fraction of sp³-hybridized carbons (Fsp3) is 0.550. The van der Waals surface area contributed by atoms with Crippen molar-refractivity contribution in [2.75, 3.05) is 29.5 Å². The molecule has 0 aromatic heterocycles. The standard InChI is InChI=1S/C20H26N2O6S/c1-3-21(17-9-11-29(26,27)13-17)19(24)14(2)28-20(25)15-6-4-7-16(12-15)22-10-5-8-18(22)23/h4,6-7,12,14,17H,3,5,8-11,13H2,1-2H3/t14-,17-/m0/s1. The average Bonchev–Trinajstić information content (AvgIpc) is 3.27. The monoisotopic (exact) mass is 422 g/mol. The molecule has 158 valence electrons. The zero-order valence-corrected chi connectivity index (χ0v) is 17.5. The largest absolute Gasteiger partial charge is 0.449 e. The van der Waals surface area contributed by atoms with Crippen LogP contribution in [-0.2, 0) is 24.2 Å². The summed E-state index contributed by atoms with van der Waals surface area (Å²) < 4.78 is 28.8. The summed E-state index contributed by atoms with van der Waals surface area (Å²) in [7, 11) is -3.13. The highest BCUT2D eigenvalue weighted by atomic mass is 32.2. The Morgan fingerprint density at radius 2 is 2.10 bits per heavy atom. The second kappa shape index (κ2) is 8.52. The molecule has 0 bridgehead atoms. The van der Waals surface area contributed by atoms with Gasteiger partial charge in [-0.05, 0) is 44.9 Å². The van der Waals surface area contributed by atoms with E-state index in [1.165, 1.54) is 11.8 Å². The molecule has 2 atom stereocenters. The fourth-order valence-electron chi connectivity index (χ4n) is 3.85. The van der Waals surface area contributed by atoms with Crippen molar-refractivity contribution in [2.24, 2.45) is 0 Å². The quantitative estimate of drug-likeness (QED) is 0.642. The molecule has 8 nitrogen and oxygen atoms in total. The molecule has 0 saturated carbocycles. The number of likely N-dealkylation sites (N-methyl/N-ethyl adjacent to an activating group) is 1. The predicted molar refractivity (Wildman–Crippen MR) is 107 cm³/mol. The molecule has 0 radical (unpaired) electrons. The maximum Gasteiger partial charge on any atom is 0.338 e. The Morgan fingerprint density at radius 3 is 2.69 bits per heavy atom. The molecule has 2 amide bonds. The Morgan fingerprint density at radius 1 is 1.34 bits per heavy atom. The fourth-order valence-corrected chi connectivity index (χ4v) is 5.58. The van der Waals surface area contributed by atoms with Gasteiger partial charge >= 0.3 is 5.97 Å². The van der Waals surface area contributed by atoms with E-state index in [0.29, 0.717) is 31.6 Å². The van der Waals surface area contributed by atoms with Crippen molar-refractivity contribution in [1.29, 1.82) is 0 Å². The van der Waals surface area contributed by atoms with Crippen molar-refractivity contribution in [3.8, 4) is 0 Å². The minimum absolute atomic E-state index is 0.0177. The van der Waals surface area contributed by atoms with Gasteiger partial charge in [0.25, 0.3) is 5.91 Å². The summed E-state index contributed by atoms with van der Waals surface area (Å²) in [6, 6.07) is 6.21. The topological polar surface area (TPSA) is 101 Å². The second-order valence-corrected chi connectivity index (χ2v) is 9.66. The van der Waals surface area contributed by atoms with Gasteiger partial charge in [-0.25, -0.2) is 13.2 Å². The number of carbonyl (C=O) groups excluding carboxylic acids is 3. The molecule has 0 unspecified atom stereocenters. The number of anilines is 1. The Labute approximate surface area is 170 Å². The summed E-state index contributed by atoms with van der Waals surface area (Å²) in [4.78, 5) is 40.3. The molecule has 2 saturated heterocycles. The van der Waals surface area contributed by atoms with Crippen LogP contribution in [-0.4, -0.2) is 67.8 Å². The molecule has 3 rings (SSSR count). The molecule has 29 heavy (non-hydrogen) atoms. The SMILES string of the molecule is CCN(C(=O)[C@H](C)OC(=O)c1cccc(N2CCCC2=O)c1)[C@H]1CCS(=O)(=O)C1. The number of hydrogen-bond donors (Lipinski definition) is 0. The third-order valence-corrected chi connectivity index (χ3v) is 7.12. The van der Waals surface area contributed by atoms with Gasteiger partial charge in [0.2, 0.25) is 5.91 Å². The number of nitrogens with zero attached hydrogens (tertiary/aromatic N) is 2. The number of hydrogen-bond acceptors (Lipinski definition) is 6. The zero-order valence-electron chi connectivity index (χ0n) is 16.7. The van der Waals surface area contributed by atoms with Gasteiger partial charge in [0.15, 0.2) is 15.9 Å². The van der Waals surface area contributed by atoms with Gasteiger partial charge in [0, 0.05) is 31.2 Å². The summed E-state index contributed by atoms with van der Waals surface area (Å²) >= 11 is 0. The lowest BCUT2D eigenvalue weighted by Gasteiger charge is -2.29. The minimum Gasteiger partial charge on any atom is -0.449 e. The molecule has 9 heteroatoms. The highest BCUT2D eigenvalue weighted by molar-refractivity contribution is 7.91. The van der Waals surface area contributed by atoms with Crippen molar-refractivity contribution in [3.63, 3.8) is 0 Å². The van der Waals surface area contributed by atoms with E-state index in [1.807, 2.05) is 0 Å². The molecular weight excluding hydrogens is 396 g/mol. The number of carbonyl (C=O) groups is 3. The summed E-state index contributed by atoms with van der Waals surface area (Å²) in [5.41, 5.74) is 0.889. The van der Waals surface area contributed by atoms with Crippen LogP contribution < -0.4 is 4.90 Å². The van der Waals surface area contributed by atoms with Crippen molar-refractivity contribution in [2.45, 2.75) is 45.3 Å². The molecule has 1 aromatic rings. The smallest absolute Gasteiger partial charge is 0.338 e. The first-order valence-electron chi connectivity index (χ1n) is 9.84. The molecular formula is C20H26N2O6S. The van der Waals surface area contributed by atoms with Gasteiger partial charge in [0.1, 0.15) is 0 Å². The first-order chi connectivity index (χ1) is 13.7. The maximum atomic E-state index is 12.8. The van der Waals surface area contributed by atoms with Gasteiger partial charge in [-0.2, -0.15) is 0 Å². The average molecular weight is 423 g/mol. The molecule has 0 spiro atoms. The normalized spacial score (nSPS) is 21.8. The molecule has 2 aliphatic rings. The van der Waals surface area contributed by atoms with Gasteiger partial charge < -0.3 is 14.5 Å². The Kier molecular flexibility index (Phi) is 6.26. The predicted octanol–water partition coefficient (Wildman–Crippen LogP) is 1.39. The lowest BCUT2D eigenvalue weighted by atomic mass is 10.1. The van der Waals surface area contributed by atoms with Gasteiger partial charge in [0.05, 0.1) is 17.1 Å². The van der Waals surface area contributed by atoms with E-state index >= 15 is 0 Å². The third-order valence-electron chi connectivity index (χ3n) is 5.37. The van der Waals surface area contributed by atoms with E-state index in [2.05, 4.69) is 0 Å². The number of sulfone groups is 1. The number of ether oxygens (including phenoxy) is 1. The summed E-state index contributed by atoms with van der Waals surface area (Å²) in [6.07, 6.45) is 0.629. The van der Waals surface area contributed by atoms with E-state index in [-0.39, 0.29) is 29.0 Å². The molecule has 2 heterocycles. The van der Waals surface area contributed by atoms with E-state index in [1.54, 1.807) is 36.1 Å². The molecule has 1 aromatic carbocycles. The Hall–Kier alpha value is -2.42. The van der Waals surface area contributed by atoms with Crippen molar-refractivity contribution in [1.82, 2.24) is 4.90 Å². The molecule has 0 aliphatic carbocycles. The van der Waals surface area contributed by atoms with Crippen LogP contribution in [0, 0.1) is 0 Å². The van der Waals surface area contributed by atoms with Gasteiger partial charge in [-0.3, -0.25) is 9.59 Å². The van der Waals surface area contributed by atoms with E-state index in [0.717, 1.165) is 6.42 Å². The Bertz CT molecular complexity index is 913. The molecule has 0 N–H and O–H groups in total. The lowest BCUT2D eigenvalue weighted by molar-refractivity contribution is -0.141. The second-order valence-electron chi connectivity index (χ2n) is 7.43. The number of esters is 1. The van der Waals surface area contributed by atoms with Gasteiger partial charge in [-0.15, -0.1) is 0 Å². The number of amides is 2. The van der Waals surface area contributed by atoms with Crippen LogP contribution in [0.25, 0.3) is 0 Å². The van der Waals surface area contributed by atoms with Crippen LogP contribution in [0.2, 0.25) is 0 Å². The molecule has 2 fully saturated rings. The summed E-state index contributed by atoms with van der Waals surface area (Å²) in [5, 5.41) is 0. The Balaban J connectivity index is 1.66. The van der Waals surface area contributed by atoms with Crippen LogP contribution in [0.5, 0.6) is 0 Å². The van der Waals surface area contributed by atoms with Crippen LogP contribution in [0.15, 0.2) is 24.3 Å². The number of benzene rings is 1. The third kappa shape index (κ3) is 4.77. The van der Waals surface area contributed by atoms with Gasteiger partial charge in [-0.1, -0.05) is 6.07 Å².